The zero-order valence-electron chi connectivity index (χ0n) is 16.1. The van der Waals surface area contributed by atoms with E-state index in [2.05, 4.69) is 39.7 Å². The molecule has 2 heterocycles. The van der Waals surface area contributed by atoms with E-state index >= 15 is 0 Å². The Labute approximate surface area is 178 Å². The molecule has 27 heavy (non-hydrogen) atoms. The topological polar surface area (TPSA) is 77.0 Å². The number of likely N-dealkylation sites (tertiary alicyclic amines) is 2. The fraction of sp³-hybridized carbons (Fsp3) is 0.737. The molecular formula is C19H30IN5O2. The van der Waals surface area contributed by atoms with Crippen molar-refractivity contribution in [2.45, 2.75) is 12.8 Å². The highest BCUT2D eigenvalue weighted by Gasteiger charge is 2.58. The van der Waals surface area contributed by atoms with Crippen LogP contribution in [0.5, 0.6) is 0 Å². The summed E-state index contributed by atoms with van der Waals surface area (Å²) in [6, 6.07) is 0. The third-order valence-electron chi connectivity index (χ3n) is 6.46. The van der Waals surface area contributed by atoms with Gasteiger partial charge in [0.2, 0.25) is 11.8 Å². The van der Waals surface area contributed by atoms with E-state index in [1.165, 1.54) is 11.3 Å². The minimum Gasteiger partial charge on any atom is -0.356 e. The van der Waals surface area contributed by atoms with Gasteiger partial charge in [0.1, 0.15) is 0 Å². The van der Waals surface area contributed by atoms with Crippen LogP contribution in [0, 0.1) is 29.6 Å². The normalized spacial score (nSPS) is 35.0. The van der Waals surface area contributed by atoms with Gasteiger partial charge in [-0.1, -0.05) is 12.2 Å². The molecule has 0 aromatic rings. The first-order valence-electron chi connectivity index (χ1n) is 9.75. The molecule has 5 unspecified atom stereocenters. The molecule has 4 rings (SSSR count). The molecule has 0 radical (unpaired) electrons. The Morgan fingerprint density at radius 1 is 1.19 bits per heavy atom. The molecule has 7 nitrogen and oxygen atoms in total. The summed E-state index contributed by atoms with van der Waals surface area (Å²) in [4.78, 5) is 33.4. The Morgan fingerprint density at radius 2 is 1.85 bits per heavy atom. The molecule has 2 saturated heterocycles. The minimum absolute atomic E-state index is 0. The first-order chi connectivity index (χ1) is 12.6. The predicted octanol–water partition coefficient (Wildman–Crippen LogP) is 0.528. The lowest BCUT2D eigenvalue weighted by Crippen LogP contribution is -2.44. The lowest BCUT2D eigenvalue weighted by molar-refractivity contribution is -0.140. The SMILES string of the molecule is CN=C(NCCN1C(=O)C2C3C=CC(C3)C2C1=O)NCC1CCN(C)C1.I. The molecule has 3 fully saturated rings. The number of imide groups is 1. The fourth-order valence-corrected chi connectivity index (χ4v) is 5.13. The van der Waals surface area contributed by atoms with Gasteiger partial charge < -0.3 is 15.5 Å². The van der Waals surface area contributed by atoms with Gasteiger partial charge >= 0.3 is 0 Å². The van der Waals surface area contributed by atoms with E-state index in [-0.39, 0.29) is 59.5 Å². The standard InChI is InChI=1S/C19H29N5O2.HI/c1-20-19(22-10-12-5-7-23(2)11-12)21-6-8-24-17(25)15-13-3-4-14(9-13)16(15)18(24)26;/h3-4,12-16H,5-11H2,1-2H3,(H2,20,21,22);1H. The van der Waals surface area contributed by atoms with E-state index in [0.29, 0.717) is 19.0 Å². The van der Waals surface area contributed by atoms with Gasteiger partial charge in [0.05, 0.1) is 11.8 Å². The van der Waals surface area contributed by atoms with Crippen molar-refractivity contribution in [2.24, 2.45) is 34.6 Å². The van der Waals surface area contributed by atoms with Crippen LogP contribution in [0.4, 0.5) is 0 Å². The van der Waals surface area contributed by atoms with Crippen molar-refractivity contribution in [3.05, 3.63) is 12.2 Å². The van der Waals surface area contributed by atoms with E-state index < -0.39 is 0 Å². The van der Waals surface area contributed by atoms with Crippen LogP contribution in [0.25, 0.3) is 0 Å². The fourth-order valence-electron chi connectivity index (χ4n) is 5.13. The summed E-state index contributed by atoms with van der Waals surface area (Å²) < 4.78 is 0. The summed E-state index contributed by atoms with van der Waals surface area (Å²) >= 11 is 0. The number of hydrogen-bond donors (Lipinski definition) is 2. The lowest BCUT2D eigenvalue weighted by Gasteiger charge is -2.19. The van der Waals surface area contributed by atoms with Crippen LogP contribution in [0.15, 0.2) is 17.1 Å². The smallest absolute Gasteiger partial charge is 0.233 e. The van der Waals surface area contributed by atoms with Crippen molar-refractivity contribution >= 4 is 41.8 Å². The summed E-state index contributed by atoms with van der Waals surface area (Å²) in [5.74, 6) is 1.77. The average Bonchev–Trinajstić information content (AvgIpc) is 3.38. The molecule has 1 saturated carbocycles. The predicted molar refractivity (Wildman–Crippen MR) is 115 cm³/mol. The van der Waals surface area contributed by atoms with Crippen LogP contribution in [0.1, 0.15) is 12.8 Å². The van der Waals surface area contributed by atoms with Crippen LogP contribution in [0.3, 0.4) is 0 Å². The first kappa shape index (κ1) is 20.6. The molecule has 0 spiro atoms. The second kappa shape index (κ2) is 8.46. The van der Waals surface area contributed by atoms with Gasteiger partial charge in [0, 0.05) is 33.2 Å². The highest BCUT2D eigenvalue weighted by Crippen LogP contribution is 2.52. The van der Waals surface area contributed by atoms with Crippen LogP contribution >= 0.6 is 24.0 Å². The van der Waals surface area contributed by atoms with Crippen molar-refractivity contribution in [2.75, 3.05) is 46.8 Å². The largest absolute Gasteiger partial charge is 0.356 e. The van der Waals surface area contributed by atoms with Crippen molar-refractivity contribution in [1.82, 2.24) is 20.4 Å². The number of hydrogen-bond acceptors (Lipinski definition) is 4. The van der Waals surface area contributed by atoms with Gasteiger partial charge in [-0.05, 0) is 44.2 Å². The van der Waals surface area contributed by atoms with Crippen molar-refractivity contribution in [3.8, 4) is 0 Å². The summed E-state index contributed by atoms with van der Waals surface area (Å²) in [6.45, 7) is 4.10. The number of amides is 2. The molecule has 0 aromatic carbocycles. The van der Waals surface area contributed by atoms with Crippen molar-refractivity contribution in [1.29, 1.82) is 0 Å². The van der Waals surface area contributed by atoms with Crippen LogP contribution in [-0.2, 0) is 9.59 Å². The number of guanidine groups is 1. The molecule has 0 aromatic heterocycles. The number of halogens is 1. The number of carbonyl (C=O) groups is 2. The molecule has 5 atom stereocenters. The molecule has 2 aliphatic heterocycles. The Bertz CT molecular complexity index is 622. The van der Waals surface area contributed by atoms with E-state index in [1.807, 2.05) is 0 Å². The minimum atomic E-state index is -0.103. The quantitative estimate of drug-likeness (QED) is 0.195. The Kier molecular flexibility index (Phi) is 6.45. The van der Waals surface area contributed by atoms with E-state index in [9.17, 15) is 9.59 Å². The molecular weight excluding hydrogens is 457 g/mol. The third-order valence-corrected chi connectivity index (χ3v) is 6.46. The first-order valence-corrected chi connectivity index (χ1v) is 9.75. The van der Waals surface area contributed by atoms with Crippen molar-refractivity contribution in [3.63, 3.8) is 0 Å². The molecule has 150 valence electrons. The van der Waals surface area contributed by atoms with Crippen molar-refractivity contribution < 1.29 is 9.59 Å². The molecule has 2 aliphatic carbocycles. The molecule has 4 aliphatic rings. The highest BCUT2D eigenvalue weighted by atomic mass is 127. The van der Waals surface area contributed by atoms with Gasteiger partial charge in [-0.3, -0.25) is 19.5 Å². The maximum absolute atomic E-state index is 12.7. The summed E-state index contributed by atoms with van der Waals surface area (Å²) in [5, 5.41) is 6.60. The summed E-state index contributed by atoms with van der Waals surface area (Å²) in [5.41, 5.74) is 0. The zero-order valence-corrected chi connectivity index (χ0v) is 18.4. The maximum atomic E-state index is 12.7. The third kappa shape index (κ3) is 3.87. The van der Waals surface area contributed by atoms with Gasteiger partial charge in [0.25, 0.3) is 0 Å². The molecule has 8 heteroatoms. The number of nitrogens with one attached hydrogen (secondary N) is 2. The zero-order chi connectivity index (χ0) is 18.3. The second-order valence-electron chi connectivity index (χ2n) is 8.12. The van der Waals surface area contributed by atoms with Crippen LogP contribution < -0.4 is 10.6 Å². The molecule has 2 N–H and O–H groups in total. The number of rotatable bonds is 5. The molecule has 2 amide bonds. The average molecular weight is 487 g/mol. The molecule has 2 bridgehead atoms. The van der Waals surface area contributed by atoms with E-state index in [0.717, 1.165) is 32.0 Å². The summed E-state index contributed by atoms with van der Waals surface area (Å²) in [7, 11) is 3.89. The van der Waals surface area contributed by atoms with E-state index in [1.54, 1.807) is 7.05 Å². The Hall–Kier alpha value is -1.16. The number of aliphatic imine (C=N–C) groups is 1. The van der Waals surface area contributed by atoms with Gasteiger partial charge in [-0.2, -0.15) is 0 Å². The van der Waals surface area contributed by atoms with Crippen LogP contribution in [-0.4, -0.2) is 74.4 Å². The van der Waals surface area contributed by atoms with Gasteiger partial charge in [-0.25, -0.2) is 0 Å². The number of allylic oxidation sites excluding steroid dienone is 2. The lowest BCUT2D eigenvalue weighted by atomic mass is 9.85. The van der Waals surface area contributed by atoms with Crippen LogP contribution in [0.2, 0.25) is 0 Å². The van der Waals surface area contributed by atoms with Gasteiger partial charge in [-0.15, -0.1) is 24.0 Å². The monoisotopic (exact) mass is 487 g/mol. The number of fused-ring (bicyclic) bond motifs is 5. The number of nitrogens with zero attached hydrogens (tertiary/aromatic N) is 3. The van der Waals surface area contributed by atoms with Gasteiger partial charge in [0.15, 0.2) is 5.96 Å². The Balaban J connectivity index is 0.00000210. The Morgan fingerprint density at radius 3 is 2.41 bits per heavy atom. The number of carbonyl (C=O) groups excluding carboxylic acids is 2. The maximum Gasteiger partial charge on any atom is 0.233 e. The summed E-state index contributed by atoms with van der Waals surface area (Å²) in [6.07, 6.45) is 6.44. The highest BCUT2D eigenvalue weighted by molar-refractivity contribution is 14.0. The van der Waals surface area contributed by atoms with E-state index in [4.69, 9.17) is 0 Å². The second-order valence-corrected chi connectivity index (χ2v) is 8.12.